The van der Waals surface area contributed by atoms with Crippen molar-refractivity contribution in [2.75, 3.05) is 0 Å². The molecule has 1 aromatic rings. The van der Waals surface area contributed by atoms with E-state index in [9.17, 15) is 28.8 Å². The number of aliphatic carboxylic acids is 4. The number of nitrogens with one attached hydrogen (secondary N) is 2. The zero-order chi connectivity index (χ0) is 31.0. The Hall–Kier alpha value is -4.24. The lowest BCUT2D eigenvalue weighted by Gasteiger charge is -2.16. The van der Waals surface area contributed by atoms with E-state index in [1.54, 1.807) is 12.1 Å². The van der Waals surface area contributed by atoms with Crippen LogP contribution in [0.2, 0.25) is 0 Å². The summed E-state index contributed by atoms with van der Waals surface area (Å²) < 4.78 is 0. The molecular weight excluding hydrogens is 532 g/mol. The Kier molecular flexibility index (Phi) is 16.2. The van der Waals surface area contributed by atoms with E-state index in [-0.39, 0.29) is 43.8 Å². The minimum absolute atomic E-state index is 0.0187. The summed E-state index contributed by atoms with van der Waals surface area (Å²) in [6.45, 7) is 3.70. The highest BCUT2D eigenvalue weighted by molar-refractivity contribution is 5.85. The molecule has 0 spiro atoms. The second-order valence-electron chi connectivity index (χ2n) is 9.38. The quantitative estimate of drug-likeness (QED) is 0.121. The largest absolute Gasteiger partial charge is 0.508 e. The molecule has 1 aromatic carbocycles. The standard InChI is InChI=1S/C14H18N2O6.C11H20N2O5/c15-10(13(19)20)5-6-12(18)16-11(14(21)22)7-8-1-3-9(17)4-2-8;1-6(2)5-8(11(17)18)13-9(14)4-3-7(12)10(15)16/h1-4,10-11,17H,5-7,15H2,(H,16,18)(H,19,20)(H,21,22);6-8H,3-5,12H2,1-2H3,(H,13,14)(H,15,16)(H,17,18)/t10-,11-;7-,8-/m00/s1. The lowest BCUT2D eigenvalue weighted by Crippen LogP contribution is -2.43. The van der Waals surface area contributed by atoms with Gasteiger partial charge in [-0.2, -0.15) is 0 Å². The van der Waals surface area contributed by atoms with Crippen LogP contribution in [0.4, 0.5) is 0 Å². The number of benzene rings is 1. The first-order valence-electron chi connectivity index (χ1n) is 12.3. The molecule has 0 radical (unpaired) electrons. The van der Waals surface area contributed by atoms with Crippen molar-refractivity contribution >= 4 is 35.7 Å². The summed E-state index contributed by atoms with van der Waals surface area (Å²) in [4.78, 5) is 66.1. The number of carboxylic acids is 4. The molecule has 40 heavy (non-hydrogen) atoms. The van der Waals surface area contributed by atoms with E-state index in [0.717, 1.165) is 0 Å². The van der Waals surface area contributed by atoms with Crippen molar-refractivity contribution in [1.29, 1.82) is 0 Å². The summed E-state index contributed by atoms with van der Waals surface area (Å²) in [6, 6.07) is 1.59. The molecule has 224 valence electrons. The summed E-state index contributed by atoms with van der Waals surface area (Å²) in [5.41, 5.74) is 11.1. The molecule has 0 aliphatic heterocycles. The third-order valence-corrected chi connectivity index (χ3v) is 5.35. The van der Waals surface area contributed by atoms with Crippen LogP contribution in [0.5, 0.6) is 5.75 Å². The number of rotatable bonds is 16. The fourth-order valence-electron chi connectivity index (χ4n) is 3.11. The highest BCUT2D eigenvalue weighted by Crippen LogP contribution is 2.12. The average Bonchev–Trinajstić information content (AvgIpc) is 2.86. The van der Waals surface area contributed by atoms with Gasteiger partial charge in [0.1, 0.15) is 29.9 Å². The SMILES string of the molecule is CC(C)C[C@H](NC(=O)CC[C@H](N)C(=O)O)C(=O)O.N[C@@H](CCC(=O)N[C@@H](Cc1ccc(O)cc1)C(=O)O)C(=O)O. The van der Waals surface area contributed by atoms with Crippen LogP contribution in [0.25, 0.3) is 0 Å². The Morgan fingerprint density at radius 3 is 1.45 bits per heavy atom. The van der Waals surface area contributed by atoms with Crippen molar-refractivity contribution in [3.8, 4) is 5.75 Å². The normalized spacial score (nSPS) is 13.5. The van der Waals surface area contributed by atoms with Gasteiger partial charge < -0.3 is 47.6 Å². The number of hydrogen-bond donors (Lipinski definition) is 9. The van der Waals surface area contributed by atoms with Gasteiger partial charge in [0.05, 0.1) is 0 Å². The maximum absolute atomic E-state index is 11.7. The molecule has 15 heteroatoms. The van der Waals surface area contributed by atoms with Gasteiger partial charge >= 0.3 is 23.9 Å². The van der Waals surface area contributed by atoms with Crippen molar-refractivity contribution in [2.24, 2.45) is 17.4 Å². The van der Waals surface area contributed by atoms with Crippen LogP contribution in [-0.4, -0.2) is 85.4 Å². The van der Waals surface area contributed by atoms with Gasteiger partial charge in [0.2, 0.25) is 11.8 Å². The van der Waals surface area contributed by atoms with E-state index in [1.807, 2.05) is 13.8 Å². The molecule has 0 bridgehead atoms. The molecule has 0 aliphatic carbocycles. The summed E-state index contributed by atoms with van der Waals surface area (Å²) in [6.07, 6.45) is 0.00244. The van der Waals surface area contributed by atoms with Crippen LogP contribution in [0.3, 0.4) is 0 Å². The molecule has 4 atom stereocenters. The minimum atomic E-state index is -1.22. The van der Waals surface area contributed by atoms with Crippen molar-refractivity contribution in [3.63, 3.8) is 0 Å². The highest BCUT2D eigenvalue weighted by Gasteiger charge is 2.23. The molecule has 0 aromatic heterocycles. The van der Waals surface area contributed by atoms with Crippen LogP contribution < -0.4 is 22.1 Å². The van der Waals surface area contributed by atoms with E-state index in [1.165, 1.54) is 12.1 Å². The Morgan fingerprint density at radius 2 is 1.10 bits per heavy atom. The average molecular weight is 571 g/mol. The predicted molar refractivity (Wildman–Crippen MR) is 140 cm³/mol. The maximum atomic E-state index is 11.7. The Labute approximate surface area is 230 Å². The molecular formula is C25H38N4O11. The van der Waals surface area contributed by atoms with Crippen LogP contribution in [0.1, 0.15) is 51.5 Å². The third kappa shape index (κ3) is 15.9. The van der Waals surface area contributed by atoms with Gasteiger partial charge in [-0.25, -0.2) is 9.59 Å². The molecule has 0 saturated carbocycles. The predicted octanol–water partition coefficient (Wildman–Crippen LogP) is -0.510. The fraction of sp³-hybridized carbons (Fsp3) is 0.520. The van der Waals surface area contributed by atoms with Gasteiger partial charge in [0.25, 0.3) is 0 Å². The summed E-state index contributed by atoms with van der Waals surface area (Å²) in [5, 5.41) is 49.0. The van der Waals surface area contributed by atoms with Gasteiger partial charge in [-0.05, 0) is 42.9 Å². The minimum Gasteiger partial charge on any atom is -0.508 e. The monoisotopic (exact) mass is 570 g/mol. The molecule has 15 nitrogen and oxygen atoms in total. The first-order valence-corrected chi connectivity index (χ1v) is 12.3. The molecule has 11 N–H and O–H groups in total. The second kappa shape index (κ2) is 18.1. The molecule has 0 heterocycles. The van der Waals surface area contributed by atoms with Crippen molar-refractivity contribution in [1.82, 2.24) is 10.6 Å². The lowest BCUT2D eigenvalue weighted by molar-refractivity contribution is -0.142. The second-order valence-corrected chi connectivity index (χ2v) is 9.38. The lowest BCUT2D eigenvalue weighted by atomic mass is 10.0. The van der Waals surface area contributed by atoms with E-state index in [0.29, 0.717) is 12.0 Å². The number of phenolic OH excluding ortho intramolecular Hbond substituents is 1. The zero-order valence-electron chi connectivity index (χ0n) is 22.3. The number of carboxylic acid groups (broad SMARTS) is 4. The Bertz CT molecular complexity index is 1010. The summed E-state index contributed by atoms with van der Waals surface area (Å²) >= 11 is 0. The third-order valence-electron chi connectivity index (χ3n) is 5.35. The first kappa shape index (κ1) is 35.8. The summed E-state index contributed by atoms with van der Waals surface area (Å²) in [5.74, 6) is -5.59. The number of aromatic hydroxyl groups is 1. The number of carbonyl (C=O) groups is 6. The van der Waals surface area contributed by atoms with Crippen LogP contribution in [0.15, 0.2) is 24.3 Å². The first-order chi connectivity index (χ1) is 18.5. The topological polar surface area (TPSA) is 280 Å². The maximum Gasteiger partial charge on any atom is 0.326 e. The van der Waals surface area contributed by atoms with Crippen LogP contribution >= 0.6 is 0 Å². The number of amides is 2. The van der Waals surface area contributed by atoms with Crippen molar-refractivity contribution in [3.05, 3.63) is 29.8 Å². The van der Waals surface area contributed by atoms with E-state index >= 15 is 0 Å². The molecule has 0 fully saturated rings. The number of carbonyl (C=O) groups excluding carboxylic acids is 2. The number of hydrogen-bond acceptors (Lipinski definition) is 9. The molecule has 0 saturated heterocycles. The zero-order valence-corrected chi connectivity index (χ0v) is 22.3. The fourth-order valence-corrected chi connectivity index (χ4v) is 3.11. The molecule has 0 aliphatic rings. The Morgan fingerprint density at radius 1 is 0.700 bits per heavy atom. The van der Waals surface area contributed by atoms with Crippen LogP contribution in [-0.2, 0) is 35.2 Å². The molecule has 2 amide bonds. The molecule has 1 rings (SSSR count). The van der Waals surface area contributed by atoms with Gasteiger partial charge in [-0.3, -0.25) is 19.2 Å². The highest BCUT2D eigenvalue weighted by atomic mass is 16.4. The van der Waals surface area contributed by atoms with Gasteiger partial charge in [0.15, 0.2) is 0 Å². The van der Waals surface area contributed by atoms with Gasteiger partial charge in [0, 0.05) is 19.3 Å². The molecule has 0 unspecified atom stereocenters. The number of nitrogens with two attached hydrogens (primary N) is 2. The smallest absolute Gasteiger partial charge is 0.326 e. The van der Waals surface area contributed by atoms with Crippen molar-refractivity contribution < 1.29 is 54.3 Å². The Balaban J connectivity index is 0.000000778. The summed E-state index contributed by atoms with van der Waals surface area (Å²) in [7, 11) is 0. The van der Waals surface area contributed by atoms with E-state index in [2.05, 4.69) is 10.6 Å². The van der Waals surface area contributed by atoms with Crippen LogP contribution in [0, 0.1) is 5.92 Å². The van der Waals surface area contributed by atoms with Crippen molar-refractivity contribution in [2.45, 2.75) is 76.5 Å². The van der Waals surface area contributed by atoms with Gasteiger partial charge in [-0.1, -0.05) is 26.0 Å². The van der Waals surface area contributed by atoms with E-state index < -0.39 is 59.9 Å². The van der Waals surface area contributed by atoms with E-state index in [4.69, 9.17) is 37.0 Å². The van der Waals surface area contributed by atoms with Gasteiger partial charge in [-0.15, -0.1) is 0 Å². The number of phenols is 1.